The van der Waals surface area contributed by atoms with Crippen molar-refractivity contribution in [1.82, 2.24) is 4.98 Å². The summed E-state index contributed by atoms with van der Waals surface area (Å²) in [5, 5.41) is 25.9. The first-order chi connectivity index (χ1) is 14.7. The molecule has 0 radical (unpaired) electrons. The minimum absolute atomic E-state index is 0.0492. The molecule has 0 amide bonds. The van der Waals surface area contributed by atoms with Gasteiger partial charge in [0.05, 0.1) is 10.4 Å². The van der Waals surface area contributed by atoms with Crippen LogP contribution in [0.1, 0.15) is 43.7 Å². The van der Waals surface area contributed by atoms with E-state index in [1.54, 1.807) is 12.3 Å². The molecule has 156 valence electrons. The Morgan fingerprint density at radius 2 is 2.00 bits per heavy atom. The number of phenolic OH excluding ortho intramolecular Hbond substituents is 1. The van der Waals surface area contributed by atoms with Gasteiger partial charge < -0.3 is 10.4 Å². The van der Waals surface area contributed by atoms with Crippen LogP contribution >= 0.6 is 0 Å². The molecule has 1 aliphatic carbocycles. The maximum Gasteiger partial charge on any atom is 0.310 e. The van der Waals surface area contributed by atoms with Gasteiger partial charge >= 0.3 is 5.69 Å². The van der Waals surface area contributed by atoms with E-state index >= 15 is 0 Å². The van der Waals surface area contributed by atoms with E-state index in [4.69, 9.17) is 0 Å². The zero-order chi connectivity index (χ0) is 21.9. The third-order valence-electron chi connectivity index (χ3n) is 6.14. The first kappa shape index (κ1) is 19.2. The smallest absolute Gasteiger partial charge is 0.310 e. The van der Waals surface area contributed by atoms with Crippen molar-refractivity contribution in [3.63, 3.8) is 0 Å². The predicted octanol–water partition coefficient (Wildman–Crippen LogP) is 5.05. The number of pyridine rings is 1. The Balaban J connectivity index is 1.80. The lowest BCUT2D eigenvalue weighted by molar-refractivity contribution is -0.385. The van der Waals surface area contributed by atoms with Gasteiger partial charge in [-0.15, -0.1) is 0 Å². The molecule has 0 saturated carbocycles. The standard InChI is InChI=1S/C24H21N3O4/c1-24(2)11-17-23(20(29)12-24)21(13-5-8-18(27(30)31)19(28)10-13)22-14-4-3-9-25-15(14)6-7-16(22)26-17/h3-10,21,26,28H,11-12H2,1-2H3. The number of aromatic nitrogens is 1. The van der Waals surface area contributed by atoms with Gasteiger partial charge in [0.2, 0.25) is 0 Å². The first-order valence-electron chi connectivity index (χ1n) is 10.1. The van der Waals surface area contributed by atoms with E-state index in [9.17, 15) is 20.0 Å². The summed E-state index contributed by atoms with van der Waals surface area (Å²) < 4.78 is 0. The third-order valence-corrected chi connectivity index (χ3v) is 6.14. The fourth-order valence-corrected chi connectivity index (χ4v) is 4.89. The number of ketones is 1. The predicted molar refractivity (Wildman–Crippen MR) is 117 cm³/mol. The summed E-state index contributed by atoms with van der Waals surface area (Å²) in [4.78, 5) is 28.4. The number of nitrogens with zero attached hydrogens (tertiary/aromatic N) is 2. The molecule has 1 aliphatic heterocycles. The molecule has 3 aromatic rings. The molecule has 2 N–H and O–H groups in total. The van der Waals surface area contributed by atoms with E-state index < -0.39 is 16.6 Å². The van der Waals surface area contributed by atoms with Crippen molar-refractivity contribution < 1.29 is 14.8 Å². The number of nitro benzene ring substituents is 1. The Morgan fingerprint density at radius 3 is 2.74 bits per heavy atom. The SMILES string of the molecule is CC1(C)CC(=O)C2=C(C1)Nc1ccc3ncccc3c1C2c1ccc([N+](=O)[O-])c(O)c1. The fraction of sp³-hybridized carbons (Fsp3) is 0.250. The summed E-state index contributed by atoms with van der Waals surface area (Å²) in [7, 11) is 0. The fourth-order valence-electron chi connectivity index (χ4n) is 4.89. The van der Waals surface area contributed by atoms with Crippen LogP contribution in [-0.2, 0) is 4.79 Å². The van der Waals surface area contributed by atoms with E-state index in [2.05, 4.69) is 24.1 Å². The van der Waals surface area contributed by atoms with Crippen LogP contribution in [0.4, 0.5) is 11.4 Å². The summed E-state index contributed by atoms with van der Waals surface area (Å²) in [5.74, 6) is -0.811. The van der Waals surface area contributed by atoms with E-state index in [0.29, 0.717) is 24.0 Å². The molecule has 2 aliphatic rings. The molecule has 7 nitrogen and oxygen atoms in total. The van der Waals surface area contributed by atoms with E-state index in [-0.39, 0.29) is 16.9 Å². The topological polar surface area (TPSA) is 105 Å². The van der Waals surface area contributed by atoms with Gasteiger partial charge in [0.25, 0.3) is 0 Å². The highest BCUT2D eigenvalue weighted by Crippen LogP contribution is 2.51. The molecule has 5 rings (SSSR count). The van der Waals surface area contributed by atoms with Crippen molar-refractivity contribution in [1.29, 1.82) is 0 Å². The van der Waals surface area contributed by atoms with Gasteiger partial charge in [0.15, 0.2) is 11.5 Å². The highest BCUT2D eigenvalue weighted by Gasteiger charge is 2.41. The lowest BCUT2D eigenvalue weighted by atomic mass is 9.68. The van der Waals surface area contributed by atoms with Crippen LogP contribution in [0.15, 0.2) is 59.9 Å². The molecule has 1 atom stereocenters. The Kier molecular flexibility index (Phi) is 4.12. The number of allylic oxidation sites excluding steroid dienone is 2. The number of phenols is 1. The molecule has 1 unspecified atom stereocenters. The number of rotatable bonds is 2. The molecule has 2 aromatic carbocycles. The van der Waals surface area contributed by atoms with Gasteiger partial charge in [-0.2, -0.15) is 0 Å². The highest BCUT2D eigenvalue weighted by molar-refractivity contribution is 6.04. The van der Waals surface area contributed by atoms with Gasteiger partial charge in [-0.05, 0) is 47.2 Å². The molecule has 1 aromatic heterocycles. The molecule has 0 saturated heterocycles. The Morgan fingerprint density at radius 1 is 1.19 bits per heavy atom. The second-order valence-corrected chi connectivity index (χ2v) is 8.99. The molecule has 0 fully saturated rings. The highest BCUT2D eigenvalue weighted by atomic mass is 16.6. The molecule has 7 heteroatoms. The maximum absolute atomic E-state index is 13.3. The number of fused-ring (bicyclic) bond motifs is 3. The maximum atomic E-state index is 13.3. The number of carbonyl (C=O) groups excluding carboxylic acids is 1. The molecular formula is C24H21N3O4. The minimum atomic E-state index is -0.617. The summed E-state index contributed by atoms with van der Waals surface area (Å²) in [6, 6.07) is 12.0. The van der Waals surface area contributed by atoms with Crippen LogP contribution in [0.5, 0.6) is 5.75 Å². The number of hydrogen-bond donors (Lipinski definition) is 2. The van der Waals surface area contributed by atoms with Crippen molar-refractivity contribution in [3.8, 4) is 5.75 Å². The van der Waals surface area contributed by atoms with Crippen LogP contribution in [0.2, 0.25) is 0 Å². The van der Waals surface area contributed by atoms with Gasteiger partial charge in [-0.1, -0.05) is 26.0 Å². The normalized spacial score (nSPS) is 19.5. The molecule has 31 heavy (non-hydrogen) atoms. The van der Waals surface area contributed by atoms with Crippen LogP contribution < -0.4 is 5.32 Å². The van der Waals surface area contributed by atoms with E-state index in [1.165, 1.54) is 12.1 Å². The minimum Gasteiger partial charge on any atom is -0.502 e. The molecule has 2 heterocycles. The van der Waals surface area contributed by atoms with Crippen LogP contribution in [0.3, 0.4) is 0 Å². The number of anilines is 1. The number of benzene rings is 2. The molecule has 0 spiro atoms. The van der Waals surface area contributed by atoms with Gasteiger partial charge in [0.1, 0.15) is 0 Å². The second kappa shape index (κ2) is 6.63. The zero-order valence-electron chi connectivity index (χ0n) is 17.2. The van der Waals surface area contributed by atoms with Crippen LogP contribution in [-0.4, -0.2) is 20.8 Å². The monoisotopic (exact) mass is 415 g/mol. The van der Waals surface area contributed by atoms with Gasteiger partial charge in [-0.25, -0.2) is 0 Å². The Bertz CT molecular complexity index is 1310. The van der Waals surface area contributed by atoms with Crippen molar-refractivity contribution in [2.45, 2.75) is 32.6 Å². The largest absolute Gasteiger partial charge is 0.502 e. The number of carbonyl (C=O) groups is 1. The summed E-state index contributed by atoms with van der Waals surface area (Å²) in [6.45, 7) is 4.14. The lowest BCUT2D eigenvalue weighted by Crippen LogP contribution is -2.33. The van der Waals surface area contributed by atoms with Crippen LogP contribution in [0, 0.1) is 15.5 Å². The number of aromatic hydroxyl groups is 1. The van der Waals surface area contributed by atoms with Crippen molar-refractivity contribution in [2.24, 2.45) is 5.41 Å². The number of hydrogen-bond acceptors (Lipinski definition) is 6. The van der Waals surface area contributed by atoms with Crippen molar-refractivity contribution in [3.05, 3.63) is 81.2 Å². The number of nitro groups is 1. The third kappa shape index (κ3) is 3.04. The summed E-state index contributed by atoms with van der Waals surface area (Å²) >= 11 is 0. The van der Waals surface area contributed by atoms with Crippen molar-refractivity contribution in [2.75, 3.05) is 5.32 Å². The average Bonchev–Trinajstić information content (AvgIpc) is 2.70. The van der Waals surface area contributed by atoms with Crippen LogP contribution in [0.25, 0.3) is 10.9 Å². The first-order valence-corrected chi connectivity index (χ1v) is 10.1. The quantitative estimate of drug-likeness (QED) is 0.448. The second-order valence-electron chi connectivity index (χ2n) is 8.99. The lowest BCUT2D eigenvalue weighted by Gasteiger charge is -2.39. The summed E-state index contributed by atoms with van der Waals surface area (Å²) in [6.07, 6.45) is 2.85. The average molecular weight is 415 g/mol. The van der Waals surface area contributed by atoms with Gasteiger partial charge in [-0.3, -0.25) is 19.9 Å². The summed E-state index contributed by atoms with van der Waals surface area (Å²) in [5.41, 5.74) is 4.23. The molecule has 0 bridgehead atoms. The van der Waals surface area contributed by atoms with Crippen molar-refractivity contribution >= 4 is 28.1 Å². The Hall–Kier alpha value is -3.74. The van der Waals surface area contributed by atoms with Gasteiger partial charge in [0, 0.05) is 46.9 Å². The van der Waals surface area contributed by atoms with E-state index in [0.717, 1.165) is 27.9 Å². The number of Topliss-reactive ketones (excluding diaryl/α,β-unsaturated/α-hetero) is 1. The molecular weight excluding hydrogens is 394 g/mol. The Labute approximate surface area is 178 Å². The van der Waals surface area contributed by atoms with E-state index in [1.807, 2.05) is 24.3 Å². The number of nitrogens with one attached hydrogen (secondary N) is 1. The zero-order valence-corrected chi connectivity index (χ0v) is 17.2.